The van der Waals surface area contributed by atoms with Crippen molar-refractivity contribution in [1.29, 1.82) is 0 Å². The van der Waals surface area contributed by atoms with Crippen molar-refractivity contribution in [3.8, 4) is 5.82 Å². The molecule has 0 saturated carbocycles. The Morgan fingerprint density at radius 1 is 1.31 bits per heavy atom. The van der Waals surface area contributed by atoms with Gasteiger partial charge in [0, 0.05) is 13.3 Å². The standard InChI is InChI=1S/C21H33N5O5Si/c1-8-21-14(11-28-5)29-16(17(21)31-32(6,7)20(2,3)4)18(30-21)25-10-9-15(24-19(25)27)26-13-22-12-23-26/h9-10,12-14,16-18H,8,11H2,1-7H3/t14-,16-,17+,18-,21+/m1/s1. The number of ether oxygens (including phenoxy) is 3. The fourth-order valence-corrected chi connectivity index (χ4v) is 5.58. The normalized spacial score (nSPS) is 30.2. The van der Waals surface area contributed by atoms with E-state index in [0.29, 0.717) is 18.8 Å². The number of methoxy groups -OCH3 is 1. The van der Waals surface area contributed by atoms with Crippen LogP contribution in [-0.2, 0) is 18.6 Å². The van der Waals surface area contributed by atoms with Crippen molar-refractivity contribution in [2.75, 3.05) is 13.7 Å². The molecule has 0 unspecified atom stereocenters. The number of fused-ring (bicyclic) bond motifs is 2. The molecule has 0 amide bonds. The molecule has 4 rings (SSSR count). The number of rotatable bonds is 7. The Morgan fingerprint density at radius 2 is 2.06 bits per heavy atom. The minimum atomic E-state index is -2.14. The average molecular weight is 464 g/mol. The third-order valence-corrected chi connectivity index (χ3v) is 11.6. The van der Waals surface area contributed by atoms with Crippen LogP contribution in [-0.4, -0.2) is 70.3 Å². The highest BCUT2D eigenvalue weighted by Gasteiger charge is 2.68. The smallest absolute Gasteiger partial charge is 0.351 e. The van der Waals surface area contributed by atoms with Gasteiger partial charge in [0.2, 0.25) is 0 Å². The zero-order chi connectivity index (χ0) is 23.3. The van der Waals surface area contributed by atoms with E-state index in [4.69, 9.17) is 18.6 Å². The maximum absolute atomic E-state index is 12.9. The van der Waals surface area contributed by atoms with Crippen molar-refractivity contribution in [3.05, 3.63) is 35.4 Å². The molecule has 0 radical (unpaired) electrons. The van der Waals surface area contributed by atoms with E-state index >= 15 is 0 Å². The molecule has 0 aliphatic carbocycles. The van der Waals surface area contributed by atoms with Crippen LogP contribution in [0.15, 0.2) is 29.7 Å². The third-order valence-electron chi connectivity index (χ3n) is 7.11. The Balaban J connectivity index is 1.70. The molecule has 2 bridgehead atoms. The Hall–Kier alpha value is -1.92. The number of hydrogen-bond acceptors (Lipinski definition) is 8. The fourth-order valence-electron chi connectivity index (χ4n) is 4.26. The summed E-state index contributed by atoms with van der Waals surface area (Å²) in [6, 6.07) is 1.71. The molecule has 2 aromatic heterocycles. The third kappa shape index (κ3) is 3.65. The van der Waals surface area contributed by atoms with Crippen molar-refractivity contribution in [3.63, 3.8) is 0 Å². The molecule has 32 heavy (non-hydrogen) atoms. The van der Waals surface area contributed by atoms with Crippen molar-refractivity contribution in [2.24, 2.45) is 0 Å². The van der Waals surface area contributed by atoms with Gasteiger partial charge in [-0.15, -0.1) is 0 Å². The van der Waals surface area contributed by atoms with E-state index < -0.39 is 31.9 Å². The van der Waals surface area contributed by atoms with Gasteiger partial charge in [-0.1, -0.05) is 27.7 Å². The molecule has 2 fully saturated rings. The second-order valence-electron chi connectivity index (χ2n) is 9.98. The summed E-state index contributed by atoms with van der Waals surface area (Å²) in [4.78, 5) is 21.0. The summed E-state index contributed by atoms with van der Waals surface area (Å²) in [5.74, 6) is 0.393. The second kappa shape index (κ2) is 8.14. The van der Waals surface area contributed by atoms with Crippen LogP contribution in [0.1, 0.15) is 40.3 Å². The average Bonchev–Trinajstić information content (AvgIpc) is 3.41. The van der Waals surface area contributed by atoms with Gasteiger partial charge in [-0.05, 0) is 30.6 Å². The van der Waals surface area contributed by atoms with E-state index in [9.17, 15) is 4.79 Å². The first-order chi connectivity index (χ1) is 15.0. The van der Waals surface area contributed by atoms with Gasteiger partial charge in [0.1, 0.15) is 36.6 Å². The minimum Gasteiger partial charge on any atom is -0.408 e. The topological polar surface area (TPSA) is 103 Å². The van der Waals surface area contributed by atoms with Crippen LogP contribution in [0, 0.1) is 0 Å². The molecular formula is C21H33N5O5Si. The molecule has 11 heteroatoms. The van der Waals surface area contributed by atoms with Gasteiger partial charge in [0.05, 0.1) is 6.61 Å². The van der Waals surface area contributed by atoms with Crippen LogP contribution in [0.5, 0.6) is 0 Å². The molecule has 0 spiro atoms. The Morgan fingerprint density at radius 3 is 2.62 bits per heavy atom. The van der Waals surface area contributed by atoms with E-state index in [1.54, 1.807) is 19.4 Å². The van der Waals surface area contributed by atoms with Crippen LogP contribution in [0.3, 0.4) is 0 Å². The van der Waals surface area contributed by atoms with E-state index in [2.05, 4.69) is 55.9 Å². The summed E-state index contributed by atoms with van der Waals surface area (Å²) in [6.45, 7) is 13.5. The quantitative estimate of drug-likeness (QED) is 0.577. The molecule has 2 aliphatic heterocycles. The van der Waals surface area contributed by atoms with E-state index in [0.717, 1.165) is 0 Å². The van der Waals surface area contributed by atoms with Crippen molar-refractivity contribution in [1.82, 2.24) is 24.3 Å². The van der Waals surface area contributed by atoms with Gasteiger partial charge in [-0.2, -0.15) is 10.1 Å². The largest absolute Gasteiger partial charge is 0.408 e. The molecule has 5 atom stereocenters. The summed E-state index contributed by atoms with van der Waals surface area (Å²) >= 11 is 0. The number of hydrogen-bond donors (Lipinski definition) is 0. The summed E-state index contributed by atoms with van der Waals surface area (Å²) in [6.07, 6.45) is 3.57. The van der Waals surface area contributed by atoms with Crippen molar-refractivity contribution < 1.29 is 18.6 Å². The van der Waals surface area contributed by atoms with Gasteiger partial charge in [0.25, 0.3) is 0 Å². The molecule has 2 aromatic rings. The molecule has 0 aromatic carbocycles. The lowest BCUT2D eigenvalue weighted by Crippen LogP contribution is -2.54. The number of aromatic nitrogens is 5. The van der Waals surface area contributed by atoms with E-state index in [1.807, 2.05) is 0 Å². The molecule has 10 nitrogen and oxygen atoms in total. The van der Waals surface area contributed by atoms with Gasteiger partial charge < -0.3 is 18.6 Å². The monoisotopic (exact) mass is 463 g/mol. The summed E-state index contributed by atoms with van der Waals surface area (Å²) in [5, 5.41) is 4.05. The first kappa shape index (κ1) is 23.2. The Kier molecular flexibility index (Phi) is 5.91. The second-order valence-corrected chi connectivity index (χ2v) is 14.7. The zero-order valence-corrected chi connectivity index (χ0v) is 20.8. The highest BCUT2D eigenvalue weighted by Crippen LogP contribution is 2.53. The van der Waals surface area contributed by atoms with Crippen LogP contribution in [0.4, 0.5) is 0 Å². The molecule has 176 valence electrons. The lowest BCUT2D eigenvalue weighted by molar-refractivity contribution is -0.223. The molecule has 2 aliphatic rings. The van der Waals surface area contributed by atoms with E-state index in [1.165, 1.54) is 21.9 Å². The highest BCUT2D eigenvalue weighted by atomic mass is 28.4. The maximum Gasteiger partial charge on any atom is 0.351 e. The highest BCUT2D eigenvalue weighted by molar-refractivity contribution is 6.74. The van der Waals surface area contributed by atoms with Crippen molar-refractivity contribution in [2.45, 2.75) is 82.4 Å². The maximum atomic E-state index is 12.9. The van der Waals surface area contributed by atoms with Crippen LogP contribution in [0.25, 0.3) is 5.82 Å². The van der Waals surface area contributed by atoms with Crippen LogP contribution < -0.4 is 5.69 Å². The minimum absolute atomic E-state index is 0.0219. The lowest BCUT2D eigenvalue weighted by Gasteiger charge is -2.42. The summed E-state index contributed by atoms with van der Waals surface area (Å²) in [5.41, 5.74) is -1.15. The first-order valence-electron chi connectivity index (χ1n) is 11.0. The van der Waals surface area contributed by atoms with Gasteiger partial charge in [-0.25, -0.2) is 14.5 Å². The molecule has 0 N–H and O–H groups in total. The number of nitrogens with zero attached hydrogens (tertiary/aromatic N) is 5. The summed E-state index contributed by atoms with van der Waals surface area (Å²) < 4.78 is 28.3. The first-order valence-corrected chi connectivity index (χ1v) is 13.9. The van der Waals surface area contributed by atoms with Gasteiger partial charge >= 0.3 is 5.69 Å². The fraction of sp³-hybridized carbons (Fsp3) is 0.714. The SMILES string of the molecule is CC[C@]12O[C@@H](n3ccc(-n4cncn4)nc3=O)[C@H](O[C@@H]1COC)[C@@H]2O[Si](C)(C)C(C)(C)C. The van der Waals surface area contributed by atoms with E-state index in [-0.39, 0.29) is 17.2 Å². The summed E-state index contributed by atoms with van der Waals surface area (Å²) in [7, 11) is -0.491. The predicted octanol–water partition coefficient (Wildman–Crippen LogP) is 2.31. The predicted molar refractivity (Wildman–Crippen MR) is 119 cm³/mol. The Labute approximate surface area is 189 Å². The molecular weight excluding hydrogens is 430 g/mol. The van der Waals surface area contributed by atoms with Gasteiger partial charge in [0.15, 0.2) is 20.4 Å². The molecule has 2 saturated heterocycles. The molecule has 4 heterocycles. The van der Waals surface area contributed by atoms with Gasteiger partial charge in [-0.3, -0.25) is 4.57 Å². The van der Waals surface area contributed by atoms with Crippen LogP contribution in [0.2, 0.25) is 18.1 Å². The lowest BCUT2D eigenvalue weighted by atomic mass is 9.90. The van der Waals surface area contributed by atoms with Crippen LogP contribution >= 0.6 is 0 Å². The Bertz CT molecular complexity index is 1000. The zero-order valence-electron chi connectivity index (χ0n) is 19.8. The van der Waals surface area contributed by atoms with Crippen molar-refractivity contribution >= 4 is 8.32 Å².